The molecule has 1 heterocycles. The van der Waals surface area contributed by atoms with Crippen LogP contribution in [0.25, 0.3) is 0 Å². The first kappa shape index (κ1) is 27.9. The summed E-state index contributed by atoms with van der Waals surface area (Å²) in [4.78, 5) is 16.9. The number of phenolic OH excluding ortho intramolecular Hbond substituents is 1. The van der Waals surface area contributed by atoms with Crippen LogP contribution >= 0.6 is 0 Å². The van der Waals surface area contributed by atoms with Gasteiger partial charge in [0.05, 0.1) is 18.9 Å². The van der Waals surface area contributed by atoms with E-state index in [0.717, 1.165) is 24.8 Å². The lowest BCUT2D eigenvalue weighted by atomic mass is 10.0. The van der Waals surface area contributed by atoms with E-state index in [-0.39, 0.29) is 23.6 Å². The molecule has 0 saturated heterocycles. The molecule has 1 aromatic rings. The maximum Gasteiger partial charge on any atom is 0.344 e. The zero-order valence-corrected chi connectivity index (χ0v) is 20.8. The molecule has 0 aromatic heterocycles. The number of ether oxygens (including phenoxy) is 1. The van der Waals surface area contributed by atoms with Crippen LogP contribution in [0.15, 0.2) is 40.6 Å². The number of cyclic esters (lactones) is 1. The van der Waals surface area contributed by atoms with E-state index in [0.29, 0.717) is 12.1 Å². The Morgan fingerprint density at radius 1 is 0.912 bits per heavy atom. The van der Waals surface area contributed by atoms with Gasteiger partial charge in [0.25, 0.3) is 0 Å². The Kier molecular flexibility index (Phi) is 13.4. The van der Waals surface area contributed by atoms with E-state index < -0.39 is 18.7 Å². The molecular formula is C28H43NO5. The van der Waals surface area contributed by atoms with Gasteiger partial charge in [0.15, 0.2) is 11.9 Å². The van der Waals surface area contributed by atoms with E-state index in [4.69, 9.17) is 4.74 Å². The molecule has 0 aliphatic carbocycles. The number of aliphatic hydroxyl groups excluding tert-OH is 2. The Morgan fingerprint density at radius 2 is 1.50 bits per heavy atom. The predicted octanol–water partition coefficient (Wildman–Crippen LogP) is 6.54. The molecule has 190 valence electrons. The Hall–Kier alpha value is -2.34. The van der Waals surface area contributed by atoms with Crippen LogP contribution in [0.3, 0.4) is 0 Å². The molecule has 0 radical (unpaired) electrons. The molecular weight excluding hydrogens is 430 g/mol. The number of benzene rings is 1. The molecule has 0 amide bonds. The zero-order valence-electron chi connectivity index (χ0n) is 20.8. The first-order valence-corrected chi connectivity index (χ1v) is 13.1. The number of carbonyl (C=O) groups excluding carboxylic acids is 1. The van der Waals surface area contributed by atoms with Gasteiger partial charge in [-0.05, 0) is 30.5 Å². The standard InChI is InChI=1S/C28H43NO5/c1-2-3-4-5-6-7-8-9-10-11-12-13-14-18-24(26-27(32)25(21-30)34-28(26)33)29-20-22-16-15-17-23(31)19-22/h15-17,19,25,30-32H,2-14,18,20-21H2,1H3. The highest BCUT2D eigenvalue weighted by atomic mass is 16.6. The second-order valence-electron chi connectivity index (χ2n) is 9.26. The average Bonchev–Trinajstić information content (AvgIpc) is 3.12. The molecule has 1 aromatic carbocycles. The van der Waals surface area contributed by atoms with Gasteiger partial charge in [-0.1, -0.05) is 96.1 Å². The molecule has 0 spiro atoms. The van der Waals surface area contributed by atoms with Crippen molar-refractivity contribution in [3.8, 4) is 5.75 Å². The molecule has 1 atom stereocenters. The first-order chi connectivity index (χ1) is 16.6. The molecule has 6 nitrogen and oxygen atoms in total. The lowest BCUT2D eigenvalue weighted by Crippen LogP contribution is -2.15. The van der Waals surface area contributed by atoms with Crippen LogP contribution in [0.4, 0.5) is 0 Å². The van der Waals surface area contributed by atoms with Crippen molar-refractivity contribution in [1.29, 1.82) is 0 Å². The van der Waals surface area contributed by atoms with Crippen molar-refractivity contribution in [2.45, 2.75) is 109 Å². The van der Waals surface area contributed by atoms with E-state index in [2.05, 4.69) is 11.9 Å². The number of aliphatic imine (C=N–C) groups is 1. The minimum absolute atomic E-state index is 0.0816. The maximum absolute atomic E-state index is 12.3. The summed E-state index contributed by atoms with van der Waals surface area (Å²) in [7, 11) is 0. The summed E-state index contributed by atoms with van der Waals surface area (Å²) in [6.07, 6.45) is 15.9. The number of phenols is 1. The van der Waals surface area contributed by atoms with Crippen LogP contribution in [0.1, 0.15) is 102 Å². The summed E-state index contributed by atoms with van der Waals surface area (Å²) in [6.45, 7) is 2.08. The Bertz CT molecular complexity index is 802. The molecule has 3 N–H and O–H groups in total. The number of aromatic hydroxyl groups is 1. The quantitative estimate of drug-likeness (QED) is 0.128. The van der Waals surface area contributed by atoms with Crippen LogP contribution in [-0.4, -0.2) is 39.7 Å². The van der Waals surface area contributed by atoms with Gasteiger partial charge in [0.2, 0.25) is 0 Å². The number of hydrogen-bond donors (Lipinski definition) is 3. The molecule has 1 unspecified atom stereocenters. The minimum Gasteiger partial charge on any atom is -0.508 e. The fourth-order valence-corrected chi connectivity index (χ4v) is 4.33. The van der Waals surface area contributed by atoms with E-state index >= 15 is 0 Å². The third-order valence-electron chi connectivity index (χ3n) is 6.35. The number of nitrogens with zero attached hydrogens (tertiary/aromatic N) is 1. The van der Waals surface area contributed by atoms with Crippen LogP contribution in [0.5, 0.6) is 5.75 Å². The summed E-state index contributed by atoms with van der Waals surface area (Å²) in [5.41, 5.74) is 1.40. The molecule has 2 rings (SSSR count). The highest BCUT2D eigenvalue weighted by Crippen LogP contribution is 2.25. The van der Waals surface area contributed by atoms with Crippen molar-refractivity contribution >= 4 is 11.7 Å². The van der Waals surface area contributed by atoms with E-state index in [9.17, 15) is 20.1 Å². The van der Waals surface area contributed by atoms with E-state index in [1.807, 2.05) is 6.07 Å². The largest absolute Gasteiger partial charge is 0.508 e. The zero-order chi connectivity index (χ0) is 24.6. The smallest absolute Gasteiger partial charge is 0.344 e. The Balaban J connectivity index is 1.77. The third kappa shape index (κ3) is 9.88. The van der Waals surface area contributed by atoms with E-state index in [1.54, 1.807) is 18.2 Å². The second-order valence-corrected chi connectivity index (χ2v) is 9.26. The summed E-state index contributed by atoms with van der Waals surface area (Å²) in [5, 5.41) is 29.4. The Labute approximate surface area is 204 Å². The molecule has 0 fully saturated rings. The fraction of sp³-hybridized carbons (Fsp3) is 0.643. The van der Waals surface area contributed by atoms with Gasteiger partial charge in [-0.2, -0.15) is 0 Å². The van der Waals surface area contributed by atoms with Crippen molar-refractivity contribution in [1.82, 2.24) is 0 Å². The fourth-order valence-electron chi connectivity index (χ4n) is 4.33. The number of unbranched alkanes of at least 4 members (excludes halogenated alkanes) is 12. The van der Waals surface area contributed by atoms with Crippen LogP contribution in [0, 0.1) is 0 Å². The van der Waals surface area contributed by atoms with Crippen molar-refractivity contribution in [3.63, 3.8) is 0 Å². The van der Waals surface area contributed by atoms with Crippen LogP contribution in [0.2, 0.25) is 0 Å². The minimum atomic E-state index is -1.01. The summed E-state index contributed by atoms with van der Waals surface area (Å²) >= 11 is 0. The van der Waals surface area contributed by atoms with Crippen LogP contribution < -0.4 is 0 Å². The maximum atomic E-state index is 12.3. The number of hydrogen-bond acceptors (Lipinski definition) is 6. The van der Waals surface area contributed by atoms with Gasteiger partial charge in [-0.25, -0.2) is 4.79 Å². The molecule has 6 heteroatoms. The van der Waals surface area contributed by atoms with E-state index in [1.165, 1.54) is 64.2 Å². The topological polar surface area (TPSA) is 99.4 Å². The van der Waals surface area contributed by atoms with Gasteiger partial charge in [-0.15, -0.1) is 0 Å². The number of rotatable bonds is 18. The average molecular weight is 474 g/mol. The van der Waals surface area contributed by atoms with Crippen molar-refractivity contribution in [3.05, 3.63) is 41.2 Å². The monoisotopic (exact) mass is 473 g/mol. The van der Waals surface area contributed by atoms with Gasteiger partial charge in [0.1, 0.15) is 11.3 Å². The van der Waals surface area contributed by atoms with Crippen molar-refractivity contribution < 1.29 is 24.9 Å². The predicted molar refractivity (Wildman–Crippen MR) is 136 cm³/mol. The number of carbonyl (C=O) groups is 1. The molecule has 1 aliphatic rings. The van der Waals surface area contributed by atoms with Gasteiger partial charge in [0, 0.05) is 0 Å². The van der Waals surface area contributed by atoms with Gasteiger partial charge < -0.3 is 20.1 Å². The Morgan fingerprint density at radius 3 is 2.03 bits per heavy atom. The lowest BCUT2D eigenvalue weighted by molar-refractivity contribution is -0.141. The van der Waals surface area contributed by atoms with Crippen molar-refractivity contribution in [2.75, 3.05) is 6.61 Å². The second kappa shape index (κ2) is 16.3. The van der Waals surface area contributed by atoms with Crippen LogP contribution in [-0.2, 0) is 16.1 Å². The summed E-state index contributed by atoms with van der Waals surface area (Å²) < 4.78 is 5.07. The van der Waals surface area contributed by atoms with Gasteiger partial charge in [-0.3, -0.25) is 4.99 Å². The first-order valence-electron chi connectivity index (χ1n) is 13.1. The normalized spacial score (nSPS) is 16.4. The van der Waals surface area contributed by atoms with Gasteiger partial charge >= 0.3 is 5.97 Å². The molecule has 1 aliphatic heterocycles. The summed E-state index contributed by atoms with van der Waals surface area (Å²) in [6, 6.07) is 6.82. The van der Waals surface area contributed by atoms with Crippen molar-refractivity contribution in [2.24, 2.45) is 4.99 Å². The SMILES string of the molecule is CCCCCCCCCCCCCCCC(=NCc1cccc(O)c1)C1=C(O)C(CO)OC1=O. The number of esters is 1. The molecule has 34 heavy (non-hydrogen) atoms. The lowest BCUT2D eigenvalue weighted by Gasteiger charge is -2.08. The highest BCUT2D eigenvalue weighted by Gasteiger charge is 2.36. The highest BCUT2D eigenvalue weighted by molar-refractivity contribution is 6.21. The third-order valence-corrected chi connectivity index (χ3v) is 6.35. The number of aliphatic hydroxyl groups is 2. The molecule has 0 bridgehead atoms. The summed E-state index contributed by atoms with van der Waals surface area (Å²) in [5.74, 6) is -0.716. The molecule has 0 saturated carbocycles.